The number of carbonyl (C=O) groups is 1. The van der Waals surface area contributed by atoms with E-state index in [2.05, 4.69) is 25.9 Å². The monoisotopic (exact) mass is 337 g/mol. The topological polar surface area (TPSA) is 79.6 Å². The van der Waals surface area contributed by atoms with E-state index in [-0.39, 0.29) is 6.42 Å². The van der Waals surface area contributed by atoms with Gasteiger partial charge in [0.05, 0.1) is 24.6 Å². The van der Waals surface area contributed by atoms with Crippen LogP contribution in [0.3, 0.4) is 0 Å². The largest absolute Gasteiger partial charge is 0.497 e. The second-order valence-electron chi connectivity index (χ2n) is 4.41. The van der Waals surface area contributed by atoms with E-state index in [1.165, 1.54) is 0 Å². The first-order valence-electron chi connectivity index (χ1n) is 6.04. The number of carboxylic acids is 1. The molecule has 0 radical (unpaired) electrons. The maximum atomic E-state index is 10.7. The standard InChI is InChI=1S/C13H12BrN3O3/c1-20-7-2-4-10-9(6-7)16-13-15-8(3-5-11(18)19)12(14)17(10)13/h2,4,6H,3,5H2,1H3,(H,15,16)(H,18,19). The Morgan fingerprint density at radius 1 is 1.55 bits per heavy atom. The van der Waals surface area contributed by atoms with E-state index in [0.29, 0.717) is 12.2 Å². The average molecular weight is 338 g/mol. The molecule has 20 heavy (non-hydrogen) atoms. The van der Waals surface area contributed by atoms with Gasteiger partial charge >= 0.3 is 5.97 Å². The number of aliphatic carboxylic acids is 1. The molecule has 7 heteroatoms. The number of nitrogens with one attached hydrogen (secondary N) is 1. The third kappa shape index (κ3) is 2.03. The third-order valence-electron chi connectivity index (χ3n) is 3.16. The van der Waals surface area contributed by atoms with Gasteiger partial charge < -0.3 is 14.8 Å². The van der Waals surface area contributed by atoms with Crippen molar-refractivity contribution in [2.24, 2.45) is 0 Å². The lowest BCUT2D eigenvalue weighted by molar-refractivity contribution is -0.136. The summed E-state index contributed by atoms with van der Waals surface area (Å²) in [5.41, 5.74) is 2.58. The minimum Gasteiger partial charge on any atom is -0.497 e. The van der Waals surface area contributed by atoms with E-state index in [0.717, 1.165) is 27.1 Å². The van der Waals surface area contributed by atoms with Crippen LogP contribution < -0.4 is 4.74 Å². The predicted octanol–water partition coefficient (Wildman–Crippen LogP) is 2.60. The molecule has 0 bridgehead atoms. The van der Waals surface area contributed by atoms with Gasteiger partial charge in [-0.05, 0) is 28.1 Å². The number of hydrogen-bond acceptors (Lipinski definition) is 3. The number of halogens is 1. The van der Waals surface area contributed by atoms with Gasteiger partial charge in [0, 0.05) is 18.2 Å². The van der Waals surface area contributed by atoms with E-state index in [1.807, 2.05) is 22.6 Å². The summed E-state index contributed by atoms with van der Waals surface area (Å²) in [4.78, 5) is 18.3. The number of nitrogens with zero attached hydrogens (tertiary/aromatic N) is 2. The average Bonchev–Trinajstić information content (AvgIpc) is 2.92. The second kappa shape index (κ2) is 4.82. The molecule has 0 fully saturated rings. The molecule has 0 aliphatic rings. The van der Waals surface area contributed by atoms with Gasteiger partial charge in [-0.15, -0.1) is 0 Å². The van der Waals surface area contributed by atoms with Crippen molar-refractivity contribution in [2.75, 3.05) is 7.11 Å². The maximum Gasteiger partial charge on any atom is 0.303 e. The number of carboxylic acid groups (broad SMARTS) is 1. The van der Waals surface area contributed by atoms with Crippen LogP contribution in [-0.2, 0) is 11.2 Å². The van der Waals surface area contributed by atoms with E-state index >= 15 is 0 Å². The normalized spacial score (nSPS) is 11.3. The number of aromatic amines is 1. The van der Waals surface area contributed by atoms with Crippen LogP contribution in [-0.4, -0.2) is 32.6 Å². The van der Waals surface area contributed by atoms with Crippen LogP contribution in [0.4, 0.5) is 0 Å². The van der Waals surface area contributed by atoms with Gasteiger partial charge in [-0.3, -0.25) is 9.20 Å². The van der Waals surface area contributed by atoms with Gasteiger partial charge in [-0.25, -0.2) is 4.98 Å². The first-order valence-corrected chi connectivity index (χ1v) is 6.84. The molecule has 0 saturated carbocycles. The molecule has 0 amide bonds. The molecule has 2 aromatic heterocycles. The first kappa shape index (κ1) is 13.0. The van der Waals surface area contributed by atoms with Crippen LogP contribution in [0.2, 0.25) is 0 Å². The SMILES string of the molecule is COc1ccc2c(c1)nc1[nH]c(CCC(=O)O)c(Br)n12. The lowest BCUT2D eigenvalue weighted by Gasteiger charge is -1.99. The van der Waals surface area contributed by atoms with Crippen molar-refractivity contribution >= 4 is 38.7 Å². The Morgan fingerprint density at radius 2 is 2.35 bits per heavy atom. The van der Waals surface area contributed by atoms with Gasteiger partial charge in [0.2, 0.25) is 5.78 Å². The Balaban J connectivity index is 2.11. The van der Waals surface area contributed by atoms with Crippen molar-refractivity contribution < 1.29 is 14.6 Å². The summed E-state index contributed by atoms with van der Waals surface area (Å²) in [5, 5.41) is 8.76. The zero-order valence-corrected chi connectivity index (χ0v) is 12.3. The number of rotatable bonds is 4. The number of fused-ring (bicyclic) bond motifs is 3. The van der Waals surface area contributed by atoms with Crippen molar-refractivity contribution in [3.8, 4) is 5.75 Å². The highest BCUT2D eigenvalue weighted by Gasteiger charge is 2.15. The van der Waals surface area contributed by atoms with Gasteiger partial charge in [0.1, 0.15) is 10.4 Å². The van der Waals surface area contributed by atoms with Crippen molar-refractivity contribution in [3.05, 3.63) is 28.5 Å². The number of imidazole rings is 2. The highest BCUT2D eigenvalue weighted by molar-refractivity contribution is 9.10. The van der Waals surface area contributed by atoms with E-state index < -0.39 is 5.97 Å². The molecule has 6 nitrogen and oxygen atoms in total. The smallest absolute Gasteiger partial charge is 0.303 e. The fourth-order valence-corrected chi connectivity index (χ4v) is 2.85. The molecule has 0 aliphatic carbocycles. The molecule has 3 aromatic rings. The number of H-pyrrole nitrogens is 1. The molecule has 0 aliphatic heterocycles. The summed E-state index contributed by atoms with van der Waals surface area (Å²) in [6, 6.07) is 5.65. The van der Waals surface area contributed by atoms with Crippen molar-refractivity contribution in [1.29, 1.82) is 0 Å². The van der Waals surface area contributed by atoms with Gasteiger partial charge in [0.25, 0.3) is 0 Å². The molecule has 2 heterocycles. The molecule has 2 N–H and O–H groups in total. The summed E-state index contributed by atoms with van der Waals surface area (Å²) in [7, 11) is 1.61. The quantitative estimate of drug-likeness (QED) is 0.766. The third-order valence-corrected chi connectivity index (χ3v) is 3.99. The maximum absolute atomic E-state index is 10.7. The van der Waals surface area contributed by atoms with E-state index in [4.69, 9.17) is 9.84 Å². The Bertz CT molecular complexity index is 806. The van der Waals surface area contributed by atoms with Crippen molar-refractivity contribution in [3.63, 3.8) is 0 Å². The molecular weight excluding hydrogens is 326 g/mol. The lowest BCUT2D eigenvalue weighted by Crippen LogP contribution is -1.98. The Kier molecular flexibility index (Phi) is 3.13. The highest BCUT2D eigenvalue weighted by atomic mass is 79.9. The van der Waals surface area contributed by atoms with Gasteiger partial charge in [-0.1, -0.05) is 0 Å². The Hall–Kier alpha value is -2.02. The zero-order valence-electron chi connectivity index (χ0n) is 10.7. The highest BCUT2D eigenvalue weighted by Crippen LogP contribution is 2.27. The van der Waals surface area contributed by atoms with Gasteiger partial charge in [0.15, 0.2) is 0 Å². The lowest BCUT2D eigenvalue weighted by atomic mass is 10.2. The Morgan fingerprint density at radius 3 is 3.05 bits per heavy atom. The van der Waals surface area contributed by atoms with E-state index in [1.54, 1.807) is 7.11 Å². The summed E-state index contributed by atoms with van der Waals surface area (Å²) in [5.74, 6) is 0.611. The molecule has 0 spiro atoms. The van der Waals surface area contributed by atoms with Crippen LogP contribution >= 0.6 is 15.9 Å². The number of benzene rings is 1. The summed E-state index contributed by atoms with van der Waals surface area (Å²) < 4.78 is 7.91. The van der Waals surface area contributed by atoms with Crippen LogP contribution in [0.15, 0.2) is 22.8 Å². The van der Waals surface area contributed by atoms with Crippen LogP contribution in [0.25, 0.3) is 16.8 Å². The van der Waals surface area contributed by atoms with E-state index in [9.17, 15) is 4.79 Å². The van der Waals surface area contributed by atoms with Crippen LogP contribution in [0.5, 0.6) is 5.75 Å². The number of hydrogen-bond donors (Lipinski definition) is 2. The van der Waals surface area contributed by atoms with Crippen molar-refractivity contribution in [2.45, 2.75) is 12.8 Å². The molecule has 1 aromatic carbocycles. The second-order valence-corrected chi connectivity index (χ2v) is 5.16. The summed E-state index contributed by atoms with van der Waals surface area (Å²) in [6.45, 7) is 0. The number of methoxy groups -OCH3 is 1. The molecular formula is C13H12BrN3O3. The predicted molar refractivity (Wildman–Crippen MR) is 77.3 cm³/mol. The molecule has 104 valence electrons. The number of aromatic nitrogens is 3. The molecule has 0 atom stereocenters. The Labute approximate surface area is 122 Å². The number of aryl methyl sites for hydroxylation is 1. The summed E-state index contributed by atoms with van der Waals surface area (Å²) >= 11 is 3.51. The fourth-order valence-electron chi connectivity index (χ4n) is 2.19. The molecule has 0 unspecified atom stereocenters. The first-order chi connectivity index (χ1) is 9.60. The molecule has 0 saturated heterocycles. The van der Waals surface area contributed by atoms with Gasteiger partial charge in [-0.2, -0.15) is 0 Å². The van der Waals surface area contributed by atoms with Crippen LogP contribution in [0, 0.1) is 0 Å². The summed E-state index contributed by atoms with van der Waals surface area (Å²) in [6.07, 6.45) is 0.505. The zero-order chi connectivity index (χ0) is 14.3. The van der Waals surface area contributed by atoms with Crippen molar-refractivity contribution in [1.82, 2.24) is 14.4 Å². The minimum absolute atomic E-state index is 0.0774. The van der Waals surface area contributed by atoms with Crippen LogP contribution in [0.1, 0.15) is 12.1 Å². The molecule has 3 rings (SSSR count). The minimum atomic E-state index is -0.821. The number of ether oxygens (including phenoxy) is 1. The fraction of sp³-hybridized carbons (Fsp3) is 0.231.